The molecule has 1 aliphatic heterocycles. The van der Waals surface area contributed by atoms with Crippen molar-refractivity contribution in [2.45, 2.75) is 51.8 Å². The summed E-state index contributed by atoms with van der Waals surface area (Å²) in [6.45, 7) is 5.19. The van der Waals surface area contributed by atoms with Gasteiger partial charge in [0, 0.05) is 30.1 Å². The van der Waals surface area contributed by atoms with Gasteiger partial charge in [0.1, 0.15) is 12.6 Å². The molecule has 1 aromatic carbocycles. The third kappa shape index (κ3) is 6.56. The van der Waals surface area contributed by atoms with Gasteiger partial charge < -0.3 is 20.3 Å². The van der Waals surface area contributed by atoms with E-state index < -0.39 is 12.1 Å². The molecule has 1 aromatic heterocycles. The second kappa shape index (κ2) is 11.7. The number of likely N-dealkylation sites (tertiary alicyclic amines) is 1. The van der Waals surface area contributed by atoms with Gasteiger partial charge in [0.15, 0.2) is 0 Å². The molecule has 0 radical (unpaired) electrons. The second-order valence-corrected chi connectivity index (χ2v) is 8.93. The number of rotatable bonds is 8. The first-order valence-electron chi connectivity index (χ1n) is 11.1. The number of nitrogens with one attached hydrogen (secondary N) is 2. The van der Waals surface area contributed by atoms with E-state index in [9.17, 15) is 14.4 Å². The lowest BCUT2D eigenvalue weighted by Gasteiger charge is -2.36. The summed E-state index contributed by atoms with van der Waals surface area (Å²) in [5.74, 6) is -0.197. The Kier molecular flexibility index (Phi) is 8.67. The van der Waals surface area contributed by atoms with Crippen LogP contribution in [0, 0.1) is 5.92 Å². The molecule has 2 atom stereocenters. The quantitative estimate of drug-likeness (QED) is 0.631. The minimum absolute atomic E-state index is 0.0252. The van der Waals surface area contributed by atoms with E-state index in [1.165, 1.54) is 11.3 Å². The van der Waals surface area contributed by atoms with Gasteiger partial charge in [-0.25, -0.2) is 4.79 Å². The lowest BCUT2D eigenvalue weighted by Crippen LogP contribution is -2.55. The van der Waals surface area contributed by atoms with Crippen LogP contribution in [0.4, 0.5) is 4.79 Å². The highest BCUT2D eigenvalue weighted by Crippen LogP contribution is 2.17. The standard InChI is InChI=1S/C24H31N3O4S/c1-3-17(2)21(26-24(30)31-15-18-7-5-4-6-8-18)23(29)27-12-9-20(10-13-27)25-22(28)19-11-14-32-16-19/h4-8,11,14,16-17,20-21H,3,9-10,12-13,15H2,1-2H3,(H,25,28)(H,26,30)/t17-,21-/m0/s1. The molecule has 1 aliphatic rings. The minimum Gasteiger partial charge on any atom is -0.445 e. The van der Waals surface area contributed by atoms with Gasteiger partial charge in [0.2, 0.25) is 5.91 Å². The fourth-order valence-electron chi connectivity index (χ4n) is 3.68. The zero-order valence-electron chi connectivity index (χ0n) is 18.6. The van der Waals surface area contributed by atoms with Crippen LogP contribution < -0.4 is 10.6 Å². The first-order chi connectivity index (χ1) is 15.5. The SMILES string of the molecule is CC[C@H](C)[C@H](NC(=O)OCc1ccccc1)C(=O)N1CCC(NC(=O)c2ccsc2)CC1. The van der Waals surface area contributed by atoms with E-state index in [1.807, 2.05) is 54.9 Å². The molecule has 2 aromatic rings. The molecule has 2 heterocycles. The number of benzene rings is 1. The van der Waals surface area contributed by atoms with Gasteiger partial charge >= 0.3 is 6.09 Å². The number of hydrogen-bond acceptors (Lipinski definition) is 5. The van der Waals surface area contributed by atoms with Crippen LogP contribution in [0.3, 0.4) is 0 Å². The minimum atomic E-state index is -0.639. The van der Waals surface area contributed by atoms with Gasteiger partial charge in [-0.15, -0.1) is 0 Å². The highest BCUT2D eigenvalue weighted by Gasteiger charge is 2.33. The van der Waals surface area contributed by atoms with Gasteiger partial charge in [-0.05, 0) is 35.8 Å². The molecule has 7 nitrogen and oxygen atoms in total. The Morgan fingerprint density at radius 3 is 2.50 bits per heavy atom. The zero-order chi connectivity index (χ0) is 22.9. The number of ether oxygens (including phenoxy) is 1. The van der Waals surface area contributed by atoms with Crippen LogP contribution in [-0.4, -0.2) is 48.0 Å². The Bertz CT molecular complexity index is 880. The molecule has 1 fully saturated rings. The Morgan fingerprint density at radius 2 is 1.88 bits per heavy atom. The molecule has 2 N–H and O–H groups in total. The molecule has 8 heteroatoms. The summed E-state index contributed by atoms with van der Waals surface area (Å²) in [7, 11) is 0. The van der Waals surface area contributed by atoms with Crippen LogP contribution in [0.5, 0.6) is 0 Å². The maximum Gasteiger partial charge on any atom is 0.408 e. The van der Waals surface area contributed by atoms with E-state index in [4.69, 9.17) is 4.74 Å². The first kappa shape index (κ1) is 23.8. The number of amides is 3. The molecule has 0 spiro atoms. The van der Waals surface area contributed by atoms with Crippen molar-refractivity contribution < 1.29 is 19.1 Å². The summed E-state index contributed by atoms with van der Waals surface area (Å²) in [6.07, 6.45) is 1.54. The average Bonchev–Trinajstić information content (AvgIpc) is 3.37. The third-order valence-corrected chi connectivity index (χ3v) is 6.57. The maximum absolute atomic E-state index is 13.2. The summed E-state index contributed by atoms with van der Waals surface area (Å²) < 4.78 is 5.32. The van der Waals surface area contributed by atoms with E-state index in [0.717, 1.165) is 12.0 Å². The first-order valence-corrected chi connectivity index (χ1v) is 12.0. The summed E-state index contributed by atoms with van der Waals surface area (Å²) in [6, 6.07) is 10.6. The van der Waals surface area contributed by atoms with Gasteiger partial charge in [0.25, 0.3) is 5.91 Å². The molecular formula is C24H31N3O4S. The van der Waals surface area contributed by atoms with Gasteiger partial charge in [0.05, 0.1) is 0 Å². The Balaban J connectivity index is 1.50. The molecule has 0 aliphatic carbocycles. The molecule has 172 valence electrons. The summed E-state index contributed by atoms with van der Waals surface area (Å²) in [5, 5.41) is 9.53. The van der Waals surface area contributed by atoms with E-state index in [0.29, 0.717) is 31.5 Å². The summed E-state index contributed by atoms with van der Waals surface area (Å²) in [4.78, 5) is 39.6. The van der Waals surface area contributed by atoms with Gasteiger partial charge in [-0.2, -0.15) is 11.3 Å². The molecule has 0 unspecified atom stereocenters. The number of hydrogen-bond donors (Lipinski definition) is 2. The van der Waals surface area contributed by atoms with E-state index in [2.05, 4.69) is 10.6 Å². The van der Waals surface area contributed by atoms with Crippen molar-refractivity contribution >= 4 is 29.2 Å². The molecule has 32 heavy (non-hydrogen) atoms. The van der Waals surface area contributed by atoms with Crippen molar-refractivity contribution in [1.29, 1.82) is 0 Å². The highest BCUT2D eigenvalue weighted by atomic mass is 32.1. The molecular weight excluding hydrogens is 426 g/mol. The zero-order valence-corrected chi connectivity index (χ0v) is 19.4. The van der Waals surface area contributed by atoms with E-state index in [1.54, 1.807) is 11.0 Å². The Hall–Kier alpha value is -2.87. The van der Waals surface area contributed by atoms with Crippen LogP contribution in [0.15, 0.2) is 47.2 Å². The van der Waals surface area contributed by atoms with Gasteiger partial charge in [-0.1, -0.05) is 50.6 Å². The number of carbonyl (C=O) groups excluding carboxylic acids is 3. The molecule has 0 saturated carbocycles. The number of alkyl carbamates (subject to hydrolysis) is 1. The van der Waals surface area contributed by atoms with Crippen molar-refractivity contribution in [3.8, 4) is 0 Å². The third-order valence-electron chi connectivity index (χ3n) is 5.89. The lowest BCUT2D eigenvalue weighted by molar-refractivity contribution is -0.135. The molecule has 1 saturated heterocycles. The van der Waals surface area contributed by atoms with Crippen molar-refractivity contribution in [3.63, 3.8) is 0 Å². The summed E-state index contributed by atoms with van der Waals surface area (Å²) in [5.41, 5.74) is 1.56. The highest BCUT2D eigenvalue weighted by molar-refractivity contribution is 7.08. The molecule has 0 bridgehead atoms. The van der Waals surface area contributed by atoms with Crippen LogP contribution in [-0.2, 0) is 16.1 Å². The predicted molar refractivity (Wildman–Crippen MR) is 124 cm³/mol. The van der Waals surface area contributed by atoms with Crippen LogP contribution in [0.25, 0.3) is 0 Å². The Labute approximate surface area is 193 Å². The molecule has 3 amide bonds. The van der Waals surface area contributed by atoms with E-state index in [-0.39, 0.29) is 30.4 Å². The fourth-order valence-corrected chi connectivity index (χ4v) is 4.31. The topological polar surface area (TPSA) is 87.7 Å². The monoisotopic (exact) mass is 457 g/mol. The smallest absolute Gasteiger partial charge is 0.408 e. The lowest BCUT2D eigenvalue weighted by atomic mass is 9.96. The number of piperidine rings is 1. The maximum atomic E-state index is 13.2. The van der Waals surface area contributed by atoms with Crippen LogP contribution >= 0.6 is 11.3 Å². The number of thiophene rings is 1. The largest absolute Gasteiger partial charge is 0.445 e. The molecule has 3 rings (SSSR count). The summed E-state index contributed by atoms with van der Waals surface area (Å²) >= 11 is 1.49. The fraction of sp³-hybridized carbons (Fsp3) is 0.458. The number of nitrogens with zero attached hydrogens (tertiary/aromatic N) is 1. The predicted octanol–water partition coefficient (Wildman–Crippen LogP) is 3.81. The second-order valence-electron chi connectivity index (χ2n) is 8.15. The normalized spacial score (nSPS) is 16.1. The number of carbonyl (C=O) groups is 3. The van der Waals surface area contributed by atoms with Crippen LogP contribution in [0.2, 0.25) is 0 Å². The van der Waals surface area contributed by atoms with Crippen molar-refractivity contribution in [2.24, 2.45) is 5.92 Å². The van der Waals surface area contributed by atoms with Crippen molar-refractivity contribution in [1.82, 2.24) is 15.5 Å². The van der Waals surface area contributed by atoms with Crippen molar-refractivity contribution in [2.75, 3.05) is 13.1 Å². The van der Waals surface area contributed by atoms with Crippen molar-refractivity contribution in [3.05, 3.63) is 58.3 Å². The van der Waals surface area contributed by atoms with E-state index >= 15 is 0 Å². The van der Waals surface area contributed by atoms with Gasteiger partial charge in [-0.3, -0.25) is 9.59 Å². The average molecular weight is 458 g/mol. The Morgan fingerprint density at radius 1 is 1.16 bits per heavy atom. The van der Waals surface area contributed by atoms with Crippen LogP contribution in [0.1, 0.15) is 49.0 Å².